The normalized spacial score (nSPS) is 18.6. The lowest BCUT2D eigenvalue weighted by Crippen LogP contribution is -2.41. The molecule has 152 valence electrons. The first-order valence-electron chi connectivity index (χ1n) is 9.34. The van der Waals surface area contributed by atoms with Crippen molar-refractivity contribution in [3.63, 3.8) is 0 Å². The quantitative estimate of drug-likeness (QED) is 0.529. The van der Waals surface area contributed by atoms with Crippen molar-refractivity contribution in [1.82, 2.24) is 10.2 Å². The fraction of sp³-hybridized carbons (Fsp3) is 0.174. The third-order valence-corrected chi connectivity index (χ3v) is 5.41. The fourth-order valence-corrected chi connectivity index (χ4v) is 3.84. The van der Waals surface area contributed by atoms with Crippen molar-refractivity contribution in [3.8, 4) is 0 Å². The lowest BCUT2D eigenvalue weighted by atomic mass is 9.87. The van der Waals surface area contributed by atoms with Crippen molar-refractivity contribution in [2.24, 2.45) is 0 Å². The van der Waals surface area contributed by atoms with Crippen LogP contribution in [0.15, 0.2) is 60.7 Å². The fourth-order valence-electron chi connectivity index (χ4n) is 3.84. The number of methoxy groups -OCH3 is 1. The highest BCUT2D eigenvalue weighted by Gasteiger charge is 2.49. The number of carbonyl (C=O) groups is 3. The van der Waals surface area contributed by atoms with Crippen LogP contribution < -0.4 is 5.32 Å². The molecule has 0 spiro atoms. The van der Waals surface area contributed by atoms with E-state index in [0.29, 0.717) is 11.1 Å². The Balaban J connectivity index is 1.73. The molecule has 30 heavy (non-hydrogen) atoms. The molecule has 3 aromatic rings. The van der Waals surface area contributed by atoms with E-state index in [0.717, 1.165) is 21.7 Å². The number of rotatable bonds is 4. The maximum Gasteiger partial charge on any atom is 0.338 e. The van der Waals surface area contributed by atoms with Crippen LogP contribution in [0.2, 0.25) is 0 Å². The van der Waals surface area contributed by atoms with Gasteiger partial charge in [-0.3, -0.25) is 9.69 Å². The molecule has 3 aromatic carbocycles. The second kappa shape index (κ2) is 7.26. The summed E-state index contributed by atoms with van der Waals surface area (Å²) < 4.78 is 18.3. The zero-order valence-corrected chi connectivity index (χ0v) is 16.4. The first-order valence-corrected chi connectivity index (χ1v) is 9.34. The Morgan fingerprint density at radius 1 is 1.10 bits per heavy atom. The summed E-state index contributed by atoms with van der Waals surface area (Å²) in [5.74, 6) is -1.81. The smallest absolute Gasteiger partial charge is 0.338 e. The third-order valence-electron chi connectivity index (χ3n) is 5.41. The molecule has 1 fully saturated rings. The number of amides is 3. The molecule has 1 saturated heterocycles. The topological polar surface area (TPSA) is 75.7 Å². The Hall–Kier alpha value is -3.74. The zero-order chi connectivity index (χ0) is 21.5. The molecule has 0 saturated carbocycles. The molecule has 1 aliphatic rings. The maximum atomic E-state index is 13.6. The Morgan fingerprint density at radius 2 is 1.83 bits per heavy atom. The van der Waals surface area contributed by atoms with Crippen molar-refractivity contribution in [1.29, 1.82) is 0 Å². The SMILES string of the molecule is COC(=O)c1cc(F)ccc1CN1C(=O)N[C@@](C)(c2cccc3ccccc23)C1=O. The molecule has 3 amide bonds. The van der Waals surface area contributed by atoms with Gasteiger partial charge in [0.15, 0.2) is 0 Å². The zero-order valence-electron chi connectivity index (χ0n) is 16.4. The molecule has 1 N–H and O–H groups in total. The summed E-state index contributed by atoms with van der Waals surface area (Å²) in [6.07, 6.45) is 0. The average molecular weight is 406 g/mol. The summed E-state index contributed by atoms with van der Waals surface area (Å²) in [5.41, 5.74) is -0.316. The molecule has 0 aliphatic carbocycles. The van der Waals surface area contributed by atoms with Crippen LogP contribution in [0.4, 0.5) is 9.18 Å². The van der Waals surface area contributed by atoms with Gasteiger partial charge in [-0.25, -0.2) is 14.0 Å². The van der Waals surface area contributed by atoms with E-state index in [1.165, 1.54) is 19.2 Å². The predicted octanol–water partition coefficient (Wildman–Crippen LogP) is 3.73. The molecule has 4 rings (SSSR count). The van der Waals surface area contributed by atoms with Crippen LogP contribution in [0.1, 0.15) is 28.4 Å². The van der Waals surface area contributed by atoms with Gasteiger partial charge in [-0.15, -0.1) is 0 Å². The number of carbonyl (C=O) groups excluding carboxylic acids is 3. The molecule has 1 atom stereocenters. The second-order valence-corrected chi connectivity index (χ2v) is 7.27. The summed E-state index contributed by atoms with van der Waals surface area (Å²) in [4.78, 5) is 39.1. The van der Waals surface area contributed by atoms with Gasteiger partial charge >= 0.3 is 12.0 Å². The molecule has 0 unspecified atom stereocenters. The highest BCUT2D eigenvalue weighted by Crippen LogP contribution is 2.34. The molecule has 1 heterocycles. The number of nitrogens with zero attached hydrogens (tertiary/aromatic N) is 1. The van der Waals surface area contributed by atoms with Gasteiger partial charge in [-0.1, -0.05) is 48.5 Å². The van der Waals surface area contributed by atoms with Crippen LogP contribution in [0.25, 0.3) is 10.8 Å². The largest absolute Gasteiger partial charge is 0.465 e. The minimum Gasteiger partial charge on any atom is -0.465 e. The Kier molecular flexibility index (Phi) is 4.73. The number of imide groups is 1. The lowest BCUT2D eigenvalue weighted by Gasteiger charge is -2.24. The van der Waals surface area contributed by atoms with Crippen LogP contribution in [-0.4, -0.2) is 29.9 Å². The summed E-state index contributed by atoms with van der Waals surface area (Å²) >= 11 is 0. The summed E-state index contributed by atoms with van der Waals surface area (Å²) in [7, 11) is 1.18. The van der Waals surface area contributed by atoms with Gasteiger partial charge < -0.3 is 10.1 Å². The van der Waals surface area contributed by atoms with Gasteiger partial charge in [0, 0.05) is 0 Å². The molecule has 0 aromatic heterocycles. The van der Waals surface area contributed by atoms with Gasteiger partial charge in [0.2, 0.25) is 0 Å². The monoisotopic (exact) mass is 406 g/mol. The Bertz CT molecular complexity index is 1190. The van der Waals surface area contributed by atoms with Gasteiger partial charge in [-0.2, -0.15) is 0 Å². The van der Waals surface area contributed by atoms with E-state index in [2.05, 4.69) is 5.32 Å². The number of ether oxygens (including phenoxy) is 1. The number of halogens is 1. The van der Waals surface area contributed by atoms with Gasteiger partial charge in [-0.05, 0) is 41.0 Å². The average Bonchev–Trinajstić information content (AvgIpc) is 2.97. The number of fused-ring (bicyclic) bond motifs is 1. The van der Waals surface area contributed by atoms with Crippen molar-refractivity contribution >= 4 is 28.7 Å². The van der Waals surface area contributed by atoms with Crippen molar-refractivity contribution < 1.29 is 23.5 Å². The van der Waals surface area contributed by atoms with E-state index < -0.39 is 29.3 Å². The number of nitrogens with one attached hydrogen (secondary N) is 1. The van der Waals surface area contributed by atoms with Crippen molar-refractivity contribution in [2.45, 2.75) is 19.0 Å². The van der Waals surface area contributed by atoms with Crippen LogP contribution in [0, 0.1) is 5.82 Å². The first-order chi connectivity index (χ1) is 14.3. The number of hydrogen-bond donors (Lipinski definition) is 1. The Morgan fingerprint density at radius 3 is 2.60 bits per heavy atom. The third kappa shape index (κ3) is 3.08. The first kappa shape index (κ1) is 19.6. The van der Waals surface area contributed by atoms with Gasteiger partial charge in [0.05, 0.1) is 19.2 Å². The summed E-state index contributed by atoms with van der Waals surface area (Å²) in [6, 6.07) is 16.2. The van der Waals surface area contributed by atoms with E-state index >= 15 is 0 Å². The standard InChI is InChI=1S/C23H19FN2O4/c1-23(19-9-5-7-14-6-3-4-8-17(14)19)21(28)26(22(29)25-23)13-15-10-11-16(24)12-18(15)20(27)30-2/h3-12H,13H2,1-2H3,(H,25,29)/t23-/m0/s1. The highest BCUT2D eigenvalue weighted by molar-refractivity contribution is 6.09. The maximum absolute atomic E-state index is 13.6. The molecular weight excluding hydrogens is 387 g/mol. The Labute approximate surface area is 172 Å². The predicted molar refractivity (Wildman–Crippen MR) is 108 cm³/mol. The number of esters is 1. The van der Waals surface area contributed by atoms with Crippen LogP contribution in [0.3, 0.4) is 0 Å². The number of urea groups is 1. The van der Waals surface area contributed by atoms with E-state index in [1.807, 2.05) is 42.5 Å². The second-order valence-electron chi connectivity index (χ2n) is 7.27. The number of hydrogen-bond acceptors (Lipinski definition) is 4. The molecule has 7 heteroatoms. The summed E-state index contributed by atoms with van der Waals surface area (Å²) in [6.45, 7) is 1.47. The van der Waals surface area contributed by atoms with Gasteiger partial charge in [0.25, 0.3) is 5.91 Å². The minimum absolute atomic E-state index is 0.0307. The molecular formula is C23H19FN2O4. The summed E-state index contributed by atoms with van der Waals surface area (Å²) in [5, 5.41) is 4.58. The van der Waals surface area contributed by atoms with E-state index in [4.69, 9.17) is 4.74 Å². The van der Waals surface area contributed by atoms with E-state index in [-0.39, 0.29) is 12.1 Å². The molecule has 0 bridgehead atoms. The lowest BCUT2D eigenvalue weighted by molar-refractivity contribution is -0.131. The minimum atomic E-state index is -1.27. The van der Waals surface area contributed by atoms with E-state index in [1.54, 1.807) is 6.92 Å². The van der Waals surface area contributed by atoms with E-state index in [9.17, 15) is 18.8 Å². The highest BCUT2D eigenvalue weighted by atomic mass is 19.1. The van der Waals surface area contributed by atoms with Crippen LogP contribution in [-0.2, 0) is 21.6 Å². The molecule has 0 radical (unpaired) electrons. The number of benzene rings is 3. The molecule has 1 aliphatic heterocycles. The van der Waals surface area contributed by atoms with Crippen LogP contribution >= 0.6 is 0 Å². The molecule has 6 nitrogen and oxygen atoms in total. The van der Waals surface area contributed by atoms with Crippen molar-refractivity contribution in [3.05, 3.63) is 83.2 Å². The van der Waals surface area contributed by atoms with Crippen molar-refractivity contribution in [2.75, 3.05) is 7.11 Å². The van der Waals surface area contributed by atoms with Crippen LogP contribution in [0.5, 0.6) is 0 Å². The van der Waals surface area contributed by atoms with Gasteiger partial charge in [0.1, 0.15) is 11.4 Å².